The van der Waals surface area contributed by atoms with Crippen molar-refractivity contribution in [1.82, 2.24) is 4.90 Å². The molecule has 2 rings (SSSR count). The smallest absolute Gasteiger partial charge is 0.273 e. The fourth-order valence-electron chi connectivity index (χ4n) is 2.20. The summed E-state index contributed by atoms with van der Waals surface area (Å²) in [6.45, 7) is 1.55. The van der Waals surface area contributed by atoms with Gasteiger partial charge in [0.2, 0.25) is 0 Å². The average molecular weight is 304 g/mol. The van der Waals surface area contributed by atoms with Crippen molar-refractivity contribution in [3.05, 3.63) is 39.7 Å². The Bertz CT molecular complexity index is 527. The van der Waals surface area contributed by atoms with Crippen LogP contribution in [-0.4, -0.2) is 35.4 Å². The van der Waals surface area contributed by atoms with E-state index in [1.165, 1.54) is 0 Å². The van der Waals surface area contributed by atoms with Crippen molar-refractivity contribution in [2.75, 3.05) is 19.6 Å². The van der Waals surface area contributed by atoms with Crippen molar-refractivity contribution in [2.45, 2.75) is 6.42 Å². The number of non-ortho nitro benzene ring substituents is 1. The Balaban J connectivity index is 0.00000200. The van der Waals surface area contributed by atoms with E-state index in [2.05, 4.69) is 0 Å². The molecule has 1 aliphatic heterocycles. The lowest BCUT2D eigenvalue weighted by Gasteiger charge is -2.16. The van der Waals surface area contributed by atoms with Gasteiger partial charge in [0.25, 0.3) is 11.6 Å². The SMILES string of the molecule is Cl.NCC1CCN(C(=O)c2cc(F)cc([N+](=O)[O-])c2)C1. The number of nitro benzene ring substituents is 1. The minimum atomic E-state index is -0.785. The number of benzene rings is 1. The van der Waals surface area contributed by atoms with Crippen LogP contribution < -0.4 is 5.73 Å². The first-order valence-corrected chi connectivity index (χ1v) is 5.95. The Morgan fingerprint density at radius 1 is 1.50 bits per heavy atom. The van der Waals surface area contributed by atoms with Gasteiger partial charge in [-0.2, -0.15) is 0 Å². The molecular weight excluding hydrogens is 289 g/mol. The quantitative estimate of drug-likeness (QED) is 0.678. The highest BCUT2D eigenvalue weighted by Gasteiger charge is 2.27. The molecule has 110 valence electrons. The third-order valence-electron chi connectivity index (χ3n) is 3.25. The molecule has 1 unspecified atom stereocenters. The Hall–Kier alpha value is -1.73. The lowest BCUT2D eigenvalue weighted by Crippen LogP contribution is -2.30. The Labute approximate surface area is 121 Å². The van der Waals surface area contributed by atoms with Gasteiger partial charge in [-0.1, -0.05) is 0 Å². The molecule has 1 atom stereocenters. The number of nitrogens with zero attached hydrogens (tertiary/aromatic N) is 2. The first kappa shape index (κ1) is 16.3. The fourth-order valence-corrected chi connectivity index (χ4v) is 2.20. The number of hydrogen-bond donors (Lipinski definition) is 1. The molecular formula is C12H15ClFN3O3. The summed E-state index contributed by atoms with van der Waals surface area (Å²) < 4.78 is 13.3. The molecule has 0 radical (unpaired) electrons. The fraction of sp³-hybridized carbons (Fsp3) is 0.417. The highest BCUT2D eigenvalue weighted by molar-refractivity contribution is 5.95. The van der Waals surface area contributed by atoms with Gasteiger partial charge in [0.05, 0.1) is 11.0 Å². The molecule has 0 saturated carbocycles. The lowest BCUT2D eigenvalue weighted by atomic mass is 10.1. The number of carbonyl (C=O) groups is 1. The standard InChI is InChI=1S/C12H14FN3O3.ClH/c13-10-3-9(4-11(5-10)16(18)19)12(17)15-2-1-8(6-14)7-15;/h3-5,8H,1-2,6-7,14H2;1H. The van der Waals surface area contributed by atoms with Crippen LogP contribution in [0.2, 0.25) is 0 Å². The van der Waals surface area contributed by atoms with Crippen LogP contribution in [0.25, 0.3) is 0 Å². The van der Waals surface area contributed by atoms with Crippen molar-refractivity contribution in [2.24, 2.45) is 11.7 Å². The third-order valence-corrected chi connectivity index (χ3v) is 3.25. The number of rotatable bonds is 3. The van der Waals surface area contributed by atoms with Gasteiger partial charge in [-0.05, 0) is 24.9 Å². The molecule has 0 bridgehead atoms. The van der Waals surface area contributed by atoms with E-state index in [0.717, 1.165) is 24.6 Å². The second-order valence-corrected chi connectivity index (χ2v) is 4.60. The molecule has 1 aromatic rings. The van der Waals surface area contributed by atoms with Gasteiger partial charge in [-0.3, -0.25) is 14.9 Å². The summed E-state index contributed by atoms with van der Waals surface area (Å²) in [4.78, 5) is 23.6. The maximum Gasteiger partial charge on any atom is 0.273 e. The summed E-state index contributed by atoms with van der Waals surface area (Å²) in [5.41, 5.74) is 5.12. The highest BCUT2D eigenvalue weighted by atomic mass is 35.5. The molecule has 1 aromatic carbocycles. The third kappa shape index (κ3) is 3.43. The Kier molecular flexibility index (Phi) is 5.41. The summed E-state index contributed by atoms with van der Waals surface area (Å²) in [5, 5.41) is 10.6. The predicted octanol–water partition coefficient (Wildman–Crippen LogP) is 1.58. The van der Waals surface area contributed by atoms with E-state index in [0.29, 0.717) is 19.6 Å². The van der Waals surface area contributed by atoms with E-state index < -0.39 is 22.3 Å². The van der Waals surface area contributed by atoms with Gasteiger partial charge < -0.3 is 10.6 Å². The van der Waals surface area contributed by atoms with Crippen LogP contribution >= 0.6 is 12.4 Å². The van der Waals surface area contributed by atoms with Crippen LogP contribution in [0.15, 0.2) is 18.2 Å². The van der Waals surface area contributed by atoms with Gasteiger partial charge in [0.1, 0.15) is 5.82 Å². The topological polar surface area (TPSA) is 89.5 Å². The van der Waals surface area contributed by atoms with E-state index in [4.69, 9.17) is 5.73 Å². The number of likely N-dealkylation sites (tertiary alicyclic amines) is 1. The number of hydrogen-bond acceptors (Lipinski definition) is 4. The molecule has 20 heavy (non-hydrogen) atoms. The van der Waals surface area contributed by atoms with Crippen LogP contribution in [0.5, 0.6) is 0 Å². The van der Waals surface area contributed by atoms with Crippen molar-refractivity contribution in [3.63, 3.8) is 0 Å². The zero-order chi connectivity index (χ0) is 14.0. The van der Waals surface area contributed by atoms with E-state index in [1.807, 2.05) is 0 Å². The van der Waals surface area contributed by atoms with Crippen molar-refractivity contribution in [1.29, 1.82) is 0 Å². The second-order valence-electron chi connectivity index (χ2n) is 4.60. The van der Waals surface area contributed by atoms with E-state index in [-0.39, 0.29) is 23.9 Å². The van der Waals surface area contributed by atoms with Crippen LogP contribution in [0.4, 0.5) is 10.1 Å². The van der Waals surface area contributed by atoms with Crippen LogP contribution in [0.1, 0.15) is 16.8 Å². The maximum absolute atomic E-state index is 13.3. The average Bonchev–Trinajstić information content (AvgIpc) is 2.85. The molecule has 1 heterocycles. The van der Waals surface area contributed by atoms with Crippen LogP contribution in [0.3, 0.4) is 0 Å². The van der Waals surface area contributed by atoms with Crippen molar-refractivity contribution in [3.8, 4) is 0 Å². The number of carbonyl (C=O) groups excluding carboxylic acids is 1. The Morgan fingerprint density at radius 3 is 2.75 bits per heavy atom. The van der Waals surface area contributed by atoms with E-state index in [9.17, 15) is 19.3 Å². The van der Waals surface area contributed by atoms with Crippen LogP contribution in [-0.2, 0) is 0 Å². The minimum absolute atomic E-state index is 0. The van der Waals surface area contributed by atoms with Gasteiger partial charge in [0.15, 0.2) is 0 Å². The number of halogens is 2. The molecule has 8 heteroatoms. The van der Waals surface area contributed by atoms with Gasteiger partial charge in [0, 0.05) is 24.7 Å². The summed E-state index contributed by atoms with van der Waals surface area (Å²) in [6, 6.07) is 2.91. The Morgan fingerprint density at radius 2 is 2.20 bits per heavy atom. The normalized spacial score (nSPS) is 17.7. The van der Waals surface area contributed by atoms with Gasteiger partial charge >= 0.3 is 0 Å². The largest absolute Gasteiger partial charge is 0.338 e. The summed E-state index contributed by atoms with van der Waals surface area (Å²) in [7, 11) is 0. The molecule has 2 N–H and O–H groups in total. The monoisotopic (exact) mass is 303 g/mol. The number of nitrogens with two attached hydrogens (primary N) is 1. The molecule has 1 amide bonds. The number of nitro groups is 1. The lowest BCUT2D eigenvalue weighted by molar-refractivity contribution is -0.385. The second kappa shape index (κ2) is 6.62. The van der Waals surface area contributed by atoms with Crippen LogP contribution in [0, 0.1) is 21.8 Å². The first-order chi connectivity index (χ1) is 9.01. The summed E-state index contributed by atoms with van der Waals surface area (Å²) in [5.74, 6) is -0.932. The highest BCUT2D eigenvalue weighted by Crippen LogP contribution is 2.21. The predicted molar refractivity (Wildman–Crippen MR) is 73.4 cm³/mol. The molecule has 0 spiro atoms. The first-order valence-electron chi connectivity index (χ1n) is 5.95. The van der Waals surface area contributed by atoms with E-state index in [1.54, 1.807) is 4.90 Å². The van der Waals surface area contributed by atoms with Gasteiger partial charge in [-0.25, -0.2) is 4.39 Å². The summed E-state index contributed by atoms with van der Waals surface area (Å²) in [6.07, 6.45) is 0.805. The molecule has 1 fully saturated rings. The maximum atomic E-state index is 13.3. The summed E-state index contributed by atoms with van der Waals surface area (Å²) >= 11 is 0. The minimum Gasteiger partial charge on any atom is -0.338 e. The zero-order valence-corrected chi connectivity index (χ0v) is 11.4. The van der Waals surface area contributed by atoms with Crippen molar-refractivity contribution >= 4 is 24.0 Å². The van der Waals surface area contributed by atoms with Gasteiger partial charge in [-0.15, -0.1) is 12.4 Å². The molecule has 0 aliphatic carbocycles. The van der Waals surface area contributed by atoms with E-state index >= 15 is 0 Å². The van der Waals surface area contributed by atoms with Crippen molar-refractivity contribution < 1.29 is 14.1 Å². The molecule has 1 aliphatic rings. The zero-order valence-electron chi connectivity index (χ0n) is 10.6. The molecule has 0 aromatic heterocycles. The molecule has 6 nitrogen and oxygen atoms in total. The number of amides is 1. The molecule has 1 saturated heterocycles.